The fraction of sp³-hybridized carbons (Fsp3) is 0.462. The van der Waals surface area contributed by atoms with Crippen LogP contribution < -0.4 is 16.2 Å². The Labute approximate surface area is 222 Å². The van der Waals surface area contributed by atoms with Gasteiger partial charge in [-0.1, -0.05) is 37.0 Å². The molecule has 5 rings (SSSR count). The molecule has 2 aliphatic carbocycles. The number of ether oxygens (including phenoxy) is 1. The second-order valence-corrected chi connectivity index (χ2v) is 10.4. The highest BCUT2D eigenvalue weighted by atomic mass is 35.5. The molecule has 3 unspecified atom stereocenters. The molecule has 0 aliphatic heterocycles. The lowest BCUT2D eigenvalue weighted by molar-refractivity contribution is 0.227. The van der Waals surface area contributed by atoms with Crippen molar-refractivity contribution in [2.75, 3.05) is 5.73 Å². The molecule has 3 aromatic rings. The van der Waals surface area contributed by atoms with E-state index in [9.17, 15) is 4.39 Å². The summed E-state index contributed by atoms with van der Waals surface area (Å²) in [7, 11) is 6.15. The number of aromatic nitrogens is 3. The maximum absolute atomic E-state index is 14.0. The Hall–Kier alpha value is -2.29. The fourth-order valence-corrected chi connectivity index (χ4v) is 6.19. The topological polar surface area (TPSA) is 92.0 Å². The fourth-order valence-electron chi connectivity index (χ4n) is 5.51. The molecule has 2 fully saturated rings. The lowest BCUT2D eigenvalue weighted by Crippen LogP contribution is -2.37. The average Bonchev–Trinajstić information content (AvgIpc) is 3.52. The smallest absolute Gasteiger partial charge is 0.166 e. The van der Waals surface area contributed by atoms with Gasteiger partial charge >= 0.3 is 0 Å². The van der Waals surface area contributed by atoms with Crippen LogP contribution in [0.2, 0.25) is 10.0 Å². The van der Waals surface area contributed by atoms with Crippen molar-refractivity contribution in [2.24, 2.45) is 17.6 Å². The predicted molar refractivity (Wildman–Crippen MR) is 144 cm³/mol. The molecule has 1 aromatic carbocycles. The number of fused-ring (bicyclic) bond motifs is 1. The van der Waals surface area contributed by atoms with Crippen LogP contribution in [0.5, 0.6) is 5.75 Å². The first-order valence-electron chi connectivity index (χ1n) is 12.3. The highest BCUT2D eigenvalue weighted by Gasteiger charge is 2.45. The van der Waals surface area contributed by atoms with E-state index in [0.29, 0.717) is 34.2 Å². The van der Waals surface area contributed by atoms with Crippen molar-refractivity contribution in [3.05, 3.63) is 58.2 Å². The van der Waals surface area contributed by atoms with Gasteiger partial charge in [0.05, 0.1) is 25.1 Å². The summed E-state index contributed by atoms with van der Waals surface area (Å²) in [5.41, 5.74) is 13.7. The molecule has 2 aromatic heterocycles. The van der Waals surface area contributed by atoms with Gasteiger partial charge in [-0.3, -0.25) is 4.68 Å². The van der Waals surface area contributed by atoms with Crippen LogP contribution in [0.3, 0.4) is 0 Å². The number of benzene rings is 1. The van der Waals surface area contributed by atoms with E-state index in [4.69, 9.17) is 47.3 Å². The molecule has 2 radical (unpaired) electrons. The Kier molecular flexibility index (Phi) is 7.88. The minimum atomic E-state index is -0.645. The van der Waals surface area contributed by atoms with Crippen molar-refractivity contribution < 1.29 is 9.13 Å². The number of anilines is 1. The summed E-state index contributed by atoms with van der Waals surface area (Å²) in [6.07, 6.45) is 8.65. The standard InChI is InChI=1S/C24H25BCl2FN5O.C2H6/c1-12(21-18(26)2-3-19(28)22(21)27)34-20-6-15(9-31-23(20)29)16-10-32-33(11-16)17-4-13-7-24(25,30)8-14(13)5-17;1-2/h2-3,6,9-14,17H,4-5,7-8,30H2,1H3,(H2,29,31);1-2H3. The van der Waals surface area contributed by atoms with Crippen LogP contribution >= 0.6 is 23.2 Å². The molecule has 10 heteroatoms. The summed E-state index contributed by atoms with van der Waals surface area (Å²) in [5.74, 6) is 1.10. The van der Waals surface area contributed by atoms with Crippen LogP contribution in [0.15, 0.2) is 36.8 Å². The van der Waals surface area contributed by atoms with Crippen molar-refractivity contribution in [1.29, 1.82) is 0 Å². The number of nitrogens with two attached hydrogens (primary N) is 2. The van der Waals surface area contributed by atoms with Gasteiger partial charge in [0.1, 0.15) is 11.9 Å². The van der Waals surface area contributed by atoms with Gasteiger partial charge in [-0.05, 0) is 68.1 Å². The molecule has 0 bridgehead atoms. The Morgan fingerprint density at radius 3 is 2.50 bits per heavy atom. The minimum Gasteiger partial charge on any atom is -0.482 e. The van der Waals surface area contributed by atoms with Gasteiger partial charge in [0.15, 0.2) is 11.6 Å². The van der Waals surface area contributed by atoms with Crippen molar-refractivity contribution in [1.82, 2.24) is 14.8 Å². The summed E-state index contributed by atoms with van der Waals surface area (Å²) in [6, 6.07) is 4.79. The Morgan fingerprint density at radius 2 is 1.83 bits per heavy atom. The van der Waals surface area contributed by atoms with Crippen LogP contribution in [-0.4, -0.2) is 28.0 Å². The Morgan fingerprint density at radius 1 is 1.17 bits per heavy atom. The predicted octanol–water partition coefficient (Wildman–Crippen LogP) is 6.32. The van der Waals surface area contributed by atoms with Gasteiger partial charge in [0, 0.05) is 34.1 Å². The summed E-state index contributed by atoms with van der Waals surface area (Å²) in [4.78, 5) is 4.28. The summed E-state index contributed by atoms with van der Waals surface area (Å²) >= 11 is 12.4. The van der Waals surface area contributed by atoms with Gasteiger partial charge in [-0.2, -0.15) is 5.10 Å². The molecule has 2 heterocycles. The van der Waals surface area contributed by atoms with Gasteiger partial charge in [0.25, 0.3) is 0 Å². The Bertz CT molecular complexity index is 1220. The largest absolute Gasteiger partial charge is 0.482 e. The van der Waals surface area contributed by atoms with E-state index in [1.54, 1.807) is 19.2 Å². The molecule has 3 atom stereocenters. The molecule has 4 N–H and O–H groups in total. The number of pyridine rings is 1. The van der Waals surface area contributed by atoms with E-state index < -0.39 is 17.4 Å². The third-order valence-electron chi connectivity index (χ3n) is 7.08. The SMILES string of the molecule is CC.[B]C1(N)CC2CC(n3cc(-c4cnc(N)c(OC(C)c5c(Cl)ccc(F)c5Cl)c4)cn3)CC2C1. The molecule has 6 nitrogen and oxygen atoms in total. The van der Waals surface area contributed by atoms with Crippen molar-refractivity contribution >= 4 is 36.9 Å². The van der Waals surface area contributed by atoms with Gasteiger partial charge in [-0.25, -0.2) is 9.37 Å². The first-order valence-corrected chi connectivity index (χ1v) is 13.0. The van der Waals surface area contributed by atoms with E-state index in [1.807, 2.05) is 30.9 Å². The minimum absolute atomic E-state index is 0.0770. The third kappa shape index (κ3) is 5.36. The maximum Gasteiger partial charge on any atom is 0.166 e. The number of hydrogen-bond donors (Lipinski definition) is 2. The first kappa shape index (κ1) is 26.8. The summed E-state index contributed by atoms with van der Waals surface area (Å²) in [5, 5.41) is 4.84. The van der Waals surface area contributed by atoms with Crippen molar-refractivity contribution in [3.63, 3.8) is 0 Å². The van der Waals surface area contributed by atoms with Crippen LogP contribution in [0.1, 0.15) is 64.2 Å². The van der Waals surface area contributed by atoms with Crippen LogP contribution in [-0.2, 0) is 0 Å². The quantitative estimate of drug-likeness (QED) is 0.298. The zero-order valence-electron chi connectivity index (χ0n) is 20.7. The lowest BCUT2D eigenvalue weighted by Gasteiger charge is -2.21. The van der Waals surface area contributed by atoms with E-state index >= 15 is 0 Å². The van der Waals surface area contributed by atoms with E-state index in [2.05, 4.69) is 10.1 Å². The number of nitrogens with zero attached hydrogens (tertiary/aromatic N) is 3. The van der Waals surface area contributed by atoms with E-state index in [-0.39, 0.29) is 10.8 Å². The molecule has 0 amide bonds. The molecule has 2 saturated carbocycles. The monoisotopic (exact) mass is 529 g/mol. The van der Waals surface area contributed by atoms with Gasteiger partial charge in [-0.15, -0.1) is 0 Å². The summed E-state index contributed by atoms with van der Waals surface area (Å²) in [6.45, 7) is 5.73. The molecule has 0 spiro atoms. The lowest BCUT2D eigenvalue weighted by atomic mass is 9.75. The van der Waals surface area contributed by atoms with Gasteiger partial charge in [0.2, 0.25) is 0 Å². The van der Waals surface area contributed by atoms with Crippen molar-refractivity contribution in [2.45, 2.75) is 64.0 Å². The highest BCUT2D eigenvalue weighted by molar-refractivity contribution is 6.36. The molecular formula is C26H31BCl2FN5O. The zero-order valence-corrected chi connectivity index (χ0v) is 22.2. The van der Waals surface area contributed by atoms with Gasteiger partial charge < -0.3 is 16.2 Å². The summed E-state index contributed by atoms with van der Waals surface area (Å²) < 4.78 is 22.0. The maximum atomic E-state index is 14.0. The normalized spacial score (nSPS) is 25.7. The molecule has 0 saturated heterocycles. The zero-order chi connectivity index (χ0) is 26.2. The van der Waals surface area contributed by atoms with Crippen molar-refractivity contribution in [3.8, 4) is 16.9 Å². The molecule has 36 heavy (non-hydrogen) atoms. The van der Waals surface area contributed by atoms with Crippen LogP contribution in [0.4, 0.5) is 10.2 Å². The average molecular weight is 530 g/mol. The van der Waals surface area contributed by atoms with Crippen LogP contribution in [0.25, 0.3) is 11.1 Å². The second kappa shape index (κ2) is 10.6. The first-order chi connectivity index (χ1) is 17.1. The van der Waals surface area contributed by atoms with E-state index in [1.165, 1.54) is 12.1 Å². The number of halogens is 3. The third-order valence-corrected chi connectivity index (χ3v) is 7.79. The number of rotatable bonds is 5. The van der Waals surface area contributed by atoms with E-state index in [0.717, 1.165) is 36.8 Å². The van der Waals surface area contributed by atoms with Crippen LogP contribution in [0, 0.1) is 17.7 Å². The molecular weight excluding hydrogens is 499 g/mol. The Balaban J connectivity index is 0.00000148. The number of nitrogen functional groups attached to an aromatic ring is 1. The number of hydrogen-bond acceptors (Lipinski definition) is 5. The molecule has 2 aliphatic rings. The highest BCUT2D eigenvalue weighted by Crippen LogP contribution is 2.50. The second-order valence-electron chi connectivity index (χ2n) is 9.62. The molecule has 190 valence electrons.